The second-order valence-corrected chi connectivity index (χ2v) is 7.74. The second kappa shape index (κ2) is 7.37. The minimum atomic E-state index is 0.0574. The third-order valence-electron chi connectivity index (χ3n) is 4.34. The summed E-state index contributed by atoms with van der Waals surface area (Å²) >= 11 is 1.54. The average Bonchev–Trinajstić information content (AvgIpc) is 3.07. The Hall–Kier alpha value is -2.91. The maximum atomic E-state index is 13.3. The van der Waals surface area contributed by atoms with Gasteiger partial charge in [0.15, 0.2) is 0 Å². The predicted molar refractivity (Wildman–Crippen MR) is 113 cm³/mol. The van der Waals surface area contributed by atoms with Gasteiger partial charge in [0.25, 0.3) is 0 Å². The lowest BCUT2D eigenvalue weighted by molar-refractivity contribution is 0.104. The third-order valence-corrected chi connectivity index (χ3v) is 5.51. The minimum absolute atomic E-state index is 0.0574. The first-order valence-corrected chi connectivity index (χ1v) is 9.83. The van der Waals surface area contributed by atoms with Gasteiger partial charge in [-0.3, -0.25) is 4.79 Å². The van der Waals surface area contributed by atoms with Crippen LogP contribution in [0.1, 0.15) is 29.1 Å². The van der Waals surface area contributed by atoms with E-state index in [9.17, 15) is 4.79 Å². The third kappa shape index (κ3) is 3.51. The topological polar surface area (TPSA) is 26.3 Å². The number of thiophene rings is 1. The van der Waals surface area contributed by atoms with Gasteiger partial charge in [0.1, 0.15) is 5.75 Å². The van der Waals surface area contributed by atoms with Gasteiger partial charge in [-0.25, -0.2) is 0 Å². The molecule has 0 unspecified atom stereocenters. The molecule has 0 atom stereocenters. The van der Waals surface area contributed by atoms with Crippen LogP contribution in [0.4, 0.5) is 0 Å². The van der Waals surface area contributed by atoms with Crippen LogP contribution in [0, 0.1) is 0 Å². The molecule has 27 heavy (non-hydrogen) atoms. The van der Waals surface area contributed by atoms with Gasteiger partial charge in [-0.15, -0.1) is 11.3 Å². The summed E-state index contributed by atoms with van der Waals surface area (Å²) in [7, 11) is 0. The number of ketones is 1. The lowest BCUT2D eigenvalue weighted by atomic mass is 9.98. The average molecular weight is 372 g/mol. The molecular weight excluding hydrogens is 352 g/mol. The fourth-order valence-electron chi connectivity index (χ4n) is 3.19. The standard InChI is InChI=1S/C24H20O2S/c1-16(2)26-19-13-14-21-20(15-19)22(17-9-5-3-6-10-17)24(27-21)23(25)18-11-7-4-8-12-18/h3-16H,1-2H3. The number of benzene rings is 3. The zero-order valence-corrected chi connectivity index (χ0v) is 16.1. The largest absolute Gasteiger partial charge is 0.491 e. The van der Waals surface area contributed by atoms with E-state index < -0.39 is 0 Å². The molecule has 0 saturated heterocycles. The lowest BCUT2D eigenvalue weighted by Crippen LogP contribution is -2.05. The Morgan fingerprint density at radius 2 is 1.56 bits per heavy atom. The molecule has 0 fully saturated rings. The van der Waals surface area contributed by atoms with Crippen molar-refractivity contribution < 1.29 is 9.53 Å². The van der Waals surface area contributed by atoms with Crippen molar-refractivity contribution in [3.63, 3.8) is 0 Å². The van der Waals surface area contributed by atoms with Crippen LogP contribution in [0.15, 0.2) is 78.9 Å². The summed E-state index contributed by atoms with van der Waals surface area (Å²) in [5, 5.41) is 1.06. The van der Waals surface area contributed by atoms with Crippen LogP contribution in [0.25, 0.3) is 21.2 Å². The smallest absolute Gasteiger partial charge is 0.203 e. The van der Waals surface area contributed by atoms with Gasteiger partial charge in [-0.05, 0) is 37.6 Å². The maximum absolute atomic E-state index is 13.3. The summed E-state index contributed by atoms with van der Waals surface area (Å²) in [6, 6.07) is 25.6. The Kier molecular flexibility index (Phi) is 4.78. The Balaban J connectivity index is 1.94. The molecule has 4 aromatic rings. The zero-order valence-electron chi connectivity index (χ0n) is 15.3. The molecule has 0 amide bonds. The van der Waals surface area contributed by atoms with E-state index in [1.807, 2.05) is 74.5 Å². The van der Waals surface area contributed by atoms with Crippen molar-refractivity contribution >= 4 is 27.2 Å². The highest BCUT2D eigenvalue weighted by molar-refractivity contribution is 7.21. The van der Waals surface area contributed by atoms with Crippen LogP contribution in [-0.4, -0.2) is 11.9 Å². The molecule has 3 heteroatoms. The number of carbonyl (C=O) groups excluding carboxylic acids is 1. The van der Waals surface area contributed by atoms with Crippen LogP contribution in [0.3, 0.4) is 0 Å². The van der Waals surface area contributed by atoms with Crippen molar-refractivity contribution in [2.45, 2.75) is 20.0 Å². The highest BCUT2D eigenvalue weighted by atomic mass is 32.1. The first-order valence-electron chi connectivity index (χ1n) is 9.02. The Labute approximate surface area is 163 Å². The monoisotopic (exact) mass is 372 g/mol. The van der Waals surface area contributed by atoms with E-state index in [-0.39, 0.29) is 11.9 Å². The van der Waals surface area contributed by atoms with Gasteiger partial charge >= 0.3 is 0 Å². The highest BCUT2D eigenvalue weighted by Gasteiger charge is 2.21. The van der Waals surface area contributed by atoms with Crippen molar-refractivity contribution in [1.29, 1.82) is 0 Å². The molecule has 0 bridgehead atoms. The normalized spacial score (nSPS) is 11.1. The number of fused-ring (bicyclic) bond motifs is 1. The van der Waals surface area contributed by atoms with Gasteiger partial charge < -0.3 is 4.74 Å². The number of carbonyl (C=O) groups is 1. The van der Waals surface area contributed by atoms with Gasteiger partial charge in [0.05, 0.1) is 11.0 Å². The SMILES string of the molecule is CC(C)Oc1ccc2sc(C(=O)c3ccccc3)c(-c3ccccc3)c2c1. The number of rotatable bonds is 5. The van der Waals surface area contributed by atoms with Gasteiger partial charge in [-0.1, -0.05) is 60.7 Å². The van der Waals surface area contributed by atoms with E-state index in [0.29, 0.717) is 5.56 Å². The molecule has 0 aliphatic heterocycles. The molecule has 0 aliphatic carbocycles. The molecule has 134 valence electrons. The van der Waals surface area contributed by atoms with E-state index in [4.69, 9.17) is 4.74 Å². The maximum Gasteiger partial charge on any atom is 0.203 e. The predicted octanol–water partition coefficient (Wildman–Crippen LogP) is 6.59. The van der Waals surface area contributed by atoms with Crippen molar-refractivity contribution in [3.8, 4) is 16.9 Å². The van der Waals surface area contributed by atoms with E-state index in [0.717, 1.165) is 31.8 Å². The van der Waals surface area contributed by atoms with Crippen LogP contribution < -0.4 is 4.74 Å². The van der Waals surface area contributed by atoms with Crippen molar-refractivity contribution in [1.82, 2.24) is 0 Å². The number of hydrogen-bond donors (Lipinski definition) is 0. The van der Waals surface area contributed by atoms with Crippen LogP contribution in [0.5, 0.6) is 5.75 Å². The summed E-state index contributed by atoms with van der Waals surface area (Å²) in [5.41, 5.74) is 2.74. The van der Waals surface area contributed by atoms with Gasteiger partial charge in [0, 0.05) is 21.2 Å². The fourth-order valence-corrected chi connectivity index (χ4v) is 4.36. The van der Waals surface area contributed by atoms with E-state index in [2.05, 4.69) is 18.2 Å². The van der Waals surface area contributed by atoms with E-state index in [1.165, 1.54) is 0 Å². The molecule has 0 aliphatic rings. The molecule has 0 spiro atoms. The summed E-state index contributed by atoms with van der Waals surface area (Å²) in [4.78, 5) is 14.0. The van der Waals surface area contributed by atoms with Crippen LogP contribution in [-0.2, 0) is 0 Å². The first kappa shape index (κ1) is 17.5. The molecule has 0 N–H and O–H groups in total. The van der Waals surface area contributed by atoms with Crippen LogP contribution >= 0.6 is 11.3 Å². The Morgan fingerprint density at radius 3 is 2.22 bits per heavy atom. The summed E-state index contributed by atoms with van der Waals surface area (Å²) < 4.78 is 6.97. The lowest BCUT2D eigenvalue weighted by Gasteiger charge is -2.10. The molecule has 1 aromatic heterocycles. The fraction of sp³-hybridized carbons (Fsp3) is 0.125. The zero-order chi connectivity index (χ0) is 18.8. The van der Waals surface area contributed by atoms with E-state index in [1.54, 1.807) is 11.3 Å². The van der Waals surface area contributed by atoms with Gasteiger partial charge in [-0.2, -0.15) is 0 Å². The molecule has 2 nitrogen and oxygen atoms in total. The van der Waals surface area contributed by atoms with Crippen molar-refractivity contribution in [3.05, 3.63) is 89.3 Å². The van der Waals surface area contributed by atoms with E-state index >= 15 is 0 Å². The van der Waals surface area contributed by atoms with Crippen molar-refractivity contribution in [2.24, 2.45) is 0 Å². The molecule has 0 radical (unpaired) electrons. The number of hydrogen-bond acceptors (Lipinski definition) is 3. The van der Waals surface area contributed by atoms with Crippen LogP contribution in [0.2, 0.25) is 0 Å². The van der Waals surface area contributed by atoms with Crippen molar-refractivity contribution in [2.75, 3.05) is 0 Å². The first-order chi connectivity index (χ1) is 13.1. The quantitative estimate of drug-likeness (QED) is 0.370. The molecular formula is C24H20O2S. The highest BCUT2D eigenvalue weighted by Crippen LogP contribution is 2.41. The summed E-state index contributed by atoms with van der Waals surface area (Å²) in [5.74, 6) is 0.883. The number of ether oxygens (including phenoxy) is 1. The molecule has 1 heterocycles. The van der Waals surface area contributed by atoms with Gasteiger partial charge in [0.2, 0.25) is 5.78 Å². The second-order valence-electron chi connectivity index (χ2n) is 6.69. The summed E-state index contributed by atoms with van der Waals surface area (Å²) in [6.07, 6.45) is 0.103. The molecule has 0 saturated carbocycles. The molecule has 4 rings (SSSR count). The minimum Gasteiger partial charge on any atom is -0.491 e. The Morgan fingerprint density at radius 1 is 0.889 bits per heavy atom. The summed E-state index contributed by atoms with van der Waals surface area (Å²) in [6.45, 7) is 4.03. The molecule has 3 aromatic carbocycles. The Bertz CT molecular complexity index is 1080.